The van der Waals surface area contributed by atoms with Gasteiger partial charge in [0.05, 0.1) is 0 Å². The minimum absolute atomic E-state index is 0. The molecule has 158 valence electrons. The smallest absolute Gasteiger partial charge is 0.254 e. The molecule has 0 spiro atoms. The molecule has 1 amide bonds. The van der Waals surface area contributed by atoms with Crippen LogP contribution >= 0.6 is 24.8 Å². The van der Waals surface area contributed by atoms with Crippen molar-refractivity contribution in [2.45, 2.75) is 31.8 Å². The monoisotopic (exact) mass is 437 g/mol. The van der Waals surface area contributed by atoms with Gasteiger partial charge >= 0.3 is 0 Å². The highest BCUT2D eigenvalue weighted by Gasteiger charge is 2.26. The third kappa shape index (κ3) is 6.08. The standard InChI is InChI=1S/C22H27N3O2.2ClH/c26-22(21-4-2-1-3-18(21)15-17-5-10-24-16-17)25-13-8-20(9-14-25)27-19-6-11-23-12-7-19;;/h1-4,6-7,11-12,17,20,24H,5,8-10,13-16H2;2*1H. The van der Waals surface area contributed by atoms with Gasteiger partial charge in [-0.3, -0.25) is 9.78 Å². The van der Waals surface area contributed by atoms with Gasteiger partial charge in [0.2, 0.25) is 0 Å². The zero-order valence-corrected chi connectivity index (χ0v) is 18.1. The number of piperidine rings is 1. The van der Waals surface area contributed by atoms with Crippen molar-refractivity contribution in [3.63, 3.8) is 0 Å². The number of amides is 1. The van der Waals surface area contributed by atoms with E-state index in [1.165, 1.54) is 12.0 Å². The summed E-state index contributed by atoms with van der Waals surface area (Å²) in [6, 6.07) is 11.9. The molecule has 1 unspecified atom stereocenters. The quantitative estimate of drug-likeness (QED) is 0.773. The van der Waals surface area contributed by atoms with Crippen molar-refractivity contribution in [2.24, 2.45) is 5.92 Å². The van der Waals surface area contributed by atoms with Crippen molar-refractivity contribution in [3.8, 4) is 5.75 Å². The largest absolute Gasteiger partial charge is 0.490 e. The van der Waals surface area contributed by atoms with Gasteiger partial charge in [0.25, 0.3) is 5.91 Å². The van der Waals surface area contributed by atoms with Gasteiger partial charge in [0.1, 0.15) is 11.9 Å². The molecule has 0 radical (unpaired) electrons. The summed E-state index contributed by atoms with van der Waals surface area (Å²) in [6.07, 6.45) is 7.55. The van der Waals surface area contributed by atoms with Crippen LogP contribution in [0.2, 0.25) is 0 Å². The van der Waals surface area contributed by atoms with Gasteiger partial charge in [-0.05, 0) is 55.6 Å². The number of carbonyl (C=O) groups excluding carboxylic acids is 1. The van der Waals surface area contributed by atoms with Gasteiger partial charge in [0, 0.05) is 43.9 Å². The highest BCUT2D eigenvalue weighted by molar-refractivity contribution is 5.95. The minimum Gasteiger partial charge on any atom is -0.490 e. The molecule has 0 saturated carbocycles. The van der Waals surface area contributed by atoms with Crippen LogP contribution in [-0.2, 0) is 6.42 Å². The Bertz CT molecular complexity index is 762. The maximum absolute atomic E-state index is 13.1. The Kier molecular flexibility index (Phi) is 9.21. The molecule has 0 aliphatic carbocycles. The number of nitrogens with one attached hydrogen (secondary N) is 1. The lowest BCUT2D eigenvalue weighted by atomic mass is 9.94. The zero-order chi connectivity index (χ0) is 18.5. The van der Waals surface area contributed by atoms with E-state index < -0.39 is 0 Å². The molecular formula is C22H29Cl2N3O2. The second-order valence-electron chi connectivity index (χ2n) is 7.51. The van der Waals surface area contributed by atoms with E-state index in [1.807, 2.05) is 35.2 Å². The van der Waals surface area contributed by atoms with Crippen LogP contribution < -0.4 is 10.1 Å². The summed E-state index contributed by atoms with van der Waals surface area (Å²) in [5.41, 5.74) is 2.06. The molecule has 7 heteroatoms. The fraction of sp³-hybridized carbons (Fsp3) is 0.455. The number of rotatable bonds is 5. The average Bonchev–Trinajstić information content (AvgIpc) is 3.22. The average molecular weight is 438 g/mol. The molecular weight excluding hydrogens is 409 g/mol. The van der Waals surface area contributed by atoms with Crippen LogP contribution in [0.4, 0.5) is 0 Å². The number of hydrogen-bond acceptors (Lipinski definition) is 4. The van der Waals surface area contributed by atoms with Crippen LogP contribution in [0.15, 0.2) is 48.8 Å². The van der Waals surface area contributed by atoms with Gasteiger partial charge in [-0.1, -0.05) is 18.2 Å². The molecule has 2 aliphatic heterocycles. The first-order valence-electron chi connectivity index (χ1n) is 9.94. The number of halogens is 2. The number of benzene rings is 1. The predicted octanol–water partition coefficient (Wildman–Crippen LogP) is 3.76. The first kappa shape index (κ1) is 23.5. The SMILES string of the molecule is Cl.Cl.O=C(c1ccccc1CC1CCNC1)N1CCC(Oc2ccncc2)CC1. The van der Waals surface area contributed by atoms with Crippen LogP contribution in [0.25, 0.3) is 0 Å². The Morgan fingerprint density at radius 2 is 1.79 bits per heavy atom. The highest BCUT2D eigenvalue weighted by atomic mass is 35.5. The zero-order valence-electron chi connectivity index (χ0n) is 16.5. The molecule has 2 aliphatic rings. The normalized spacial score (nSPS) is 19.2. The molecule has 3 heterocycles. The molecule has 1 N–H and O–H groups in total. The van der Waals surface area contributed by atoms with E-state index in [2.05, 4.69) is 16.4 Å². The van der Waals surface area contributed by atoms with Crippen molar-refractivity contribution in [3.05, 3.63) is 59.9 Å². The lowest BCUT2D eigenvalue weighted by molar-refractivity contribution is 0.0594. The van der Waals surface area contributed by atoms with Gasteiger partial charge in [-0.25, -0.2) is 0 Å². The first-order chi connectivity index (χ1) is 13.3. The maximum Gasteiger partial charge on any atom is 0.254 e. The molecule has 2 aromatic rings. The van der Waals surface area contributed by atoms with Crippen molar-refractivity contribution in [1.82, 2.24) is 15.2 Å². The summed E-state index contributed by atoms with van der Waals surface area (Å²) in [4.78, 5) is 19.1. The van der Waals surface area contributed by atoms with Crippen molar-refractivity contribution >= 4 is 30.7 Å². The van der Waals surface area contributed by atoms with E-state index in [0.717, 1.165) is 56.8 Å². The van der Waals surface area contributed by atoms with Crippen LogP contribution in [0.3, 0.4) is 0 Å². The maximum atomic E-state index is 13.1. The Morgan fingerprint density at radius 3 is 2.48 bits per heavy atom. The molecule has 1 aromatic carbocycles. The summed E-state index contributed by atoms with van der Waals surface area (Å²) in [5.74, 6) is 1.66. The number of carbonyl (C=O) groups is 1. The molecule has 2 saturated heterocycles. The van der Waals surface area contributed by atoms with E-state index >= 15 is 0 Å². The van der Waals surface area contributed by atoms with E-state index in [9.17, 15) is 4.79 Å². The van der Waals surface area contributed by atoms with E-state index in [0.29, 0.717) is 5.92 Å². The van der Waals surface area contributed by atoms with E-state index in [-0.39, 0.29) is 36.8 Å². The summed E-state index contributed by atoms with van der Waals surface area (Å²) in [7, 11) is 0. The molecule has 29 heavy (non-hydrogen) atoms. The number of nitrogens with zero attached hydrogens (tertiary/aromatic N) is 2. The lowest BCUT2D eigenvalue weighted by Crippen LogP contribution is -2.42. The fourth-order valence-electron chi connectivity index (χ4n) is 4.06. The highest BCUT2D eigenvalue weighted by Crippen LogP contribution is 2.23. The Morgan fingerprint density at radius 1 is 1.07 bits per heavy atom. The number of likely N-dealkylation sites (tertiary alicyclic amines) is 1. The van der Waals surface area contributed by atoms with Crippen LogP contribution in [-0.4, -0.2) is 48.1 Å². The molecule has 4 rings (SSSR count). The van der Waals surface area contributed by atoms with Gasteiger partial charge < -0.3 is 15.0 Å². The van der Waals surface area contributed by atoms with Gasteiger partial charge in [-0.15, -0.1) is 24.8 Å². The Hall–Kier alpha value is -1.82. The van der Waals surface area contributed by atoms with Gasteiger partial charge in [-0.2, -0.15) is 0 Å². The minimum atomic E-state index is 0. The molecule has 1 atom stereocenters. The molecule has 2 fully saturated rings. The number of pyridine rings is 1. The molecule has 1 aromatic heterocycles. The predicted molar refractivity (Wildman–Crippen MR) is 119 cm³/mol. The van der Waals surface area contributed by atoms with Crippen LogP contribution in [0.1, 0.15) is 35.2 Å². The second kappa shape index (κ2) is 11.4. The second-order valence-corrected chi connectivity index (χ2v) is 7.51. The van der Waals surface area contributed by atoms with E-state index in [1.54, 1.807) is 12.4 Å². The Balaban J connectivity index is 0.00000150. The van der Waals surface area contributed by atoms with Crippen LogP contribution in [0.5, 0.6) is 5.75 Å². The summed E-state index contributed by atoms with van der Waals surface area (Å²) >= 11 is 0. The van der Waals surface area contributed by atoms with Crippen LogP contribution in [0, 0.1) is 5.92 Å². The van der Waals surface area contributed by atoms with Gasteiger partial charge in [0.15, 0.2) is 0 Å². The number of aromatic nitrogens is 1. The number of hydrogen-bond donors (Lipinski definition) is 1. The van der Waals surface area contributed by atoms with Crippen molar-refractivity contribution < 1.29 is 9.53 Å². The summed E-state index contributed by atoms with van der Waals surface area (Å²) in [6.45, 7) is 3.63. The Labute approximate surface area is 185 Å². The molecule has 5 nitrogen and oxygen atoms in total. The van der Waals surface area contributed by atoms with Crippen molar-refractivity contribution in [2.75, 3.05) is 26.2 Å². The van der Waals surface area contributed by atoms with E-state index in [4.69, 9.17) is 4.74 Å². The van der Waals surface area contributed by atoms with Crippen molar-refractivity contribution in [1.29, 1.82) is 0 Å². The fourth-order valence-corrected chi connectivity index (χ4v) is 4.06. The number of ether oxygens (including phenoxy) is 1. The first-order valence-corrected chi connectivity index (χ1v) is 9.94. The third-order valence-corrected chi connectivity index (χ3v) is 5.60. The summed E-state index contributed by atoms with van der Waals surface area (Å²) in [5, 5.41) is 3.42. The summed E-state index contributed by atoms with van der Waals surface area (Å²) < 4.78 is 6.02. The third-order valence-electron chi connectivity index (χ3n) is 5.60. The lowest BCUT2D eigenvalue weighted by Gasteiger charge is -2.32. The topological polar surface area (TPSA) is 54.5 Å². The molecule has 0 bridgehead atoms.